The molecule has 0 unspecified atom stereocenters. The van der Waals surface area contributed by atoms with Crippen LogP contribution in [0.25, 0.3) is 5.57 Å². The predicted octanol–water partition coefficient (Wildman–Crippen LogP) is 2.78. The van der Waals surface area contributed by atoms with Gasteiger partial charge in [-0.15, -0.1) is 0 Å². The maximum atomic E-state index is 8.28. The van der Waals surface area contributed by atoms with Crippen LogP contribution < -0.4 is 0 Å². The second-order valence-electron chi connectivity index (χ2n) is 2.35. The van der Waals surface area contributed by atoms with Crippen molar-refractivity contribution in [2.45, 2.75) is 0 Å². The molecule has 0 saturated carbocycles. The zero-order valence-corrected chi connectivity index (χ0v) is 6.70. The van der Waals surface area contributed by atoms with Crippen LogP contribution in [-0.2, 0) is 0 Å². The number of benzene rings is 1. The van der Waals surface area contributed by atoms with Crippen LogP contribution in [0.2, 0.25) is 0 Å². The second kappa shape index (κ2) is 4.15. The number of hydrogen-bond acceptors (Lipinski definition) is 1. The lowest BCUT2D eigenvalue weighted by molar-refractivity contribution is 1.53. The van der Waals surface area contributed by atoms with E-state index in [0.717, 1.165) is 11.1 Å². The van der Waals surface area contributed by atoms with Crippen LogP contribution in [0.15, 0.2) is 49.1 Å². The molecule has 0 N–H and O–H groups in total. The highest BCUT2D eigenvalue weighted by Crippen LogP contribution is 2.11. The van der Waals surface area contributed by atoms with Crippen LogP contribution in [0.3, 0.4) is 0 Å². The Bertz CT molecular complexity index is 328. The van der Waals surface area contributed by atoms with Gasteiger partial charge in [-0.1, -0.05) is 36.9 Å². The number of nitriles is 1. The average molecular weight is 155 g/mol. The molecule has 1 aromatic rings. The molecule has 1 rings (SSSR count). The fourth-order valence-corrected chi connectivity index (χ4v) is 0.886. The number of rotatable bonds is 2. The third-order valence-electron chi connectivity index (χ3n) is 1.50. The van der Waals surface area contributed by atoms with Crippen LogP contribution in [0, 0.1) is 11.3 Å². The summed E-state index contributed by atoms with van der Waals surface area (Å²) < 4.78 is 0. The third-order valence-corrected chi connectivity index (χ3v) is 1.50. The van der Waals surface area contributed by atoms with Gasteiger partial charge < -0.3 is 0 Å². The molecule has 58 valence electrons. The number of hydrogen-bond donors (Lipinski definition) is 0. The SMILES string of the molecule is C=C(C=CC#N)c1ccccc1. The van der Waals surface area contributed by atoms with Crippen LogP contribution in [-0.4, -0.2) is 0 Å². The molecule has 0 saturated heterocycles. The van der Waals surface area contributed by atoms with E-state index in [4.69, 9.17) is 5.26 Å². The van der Waals surface area contributed by atoms with Gasteiger partial charge in [-0.05, 0) is 17.2 Å². The van der Waals surface area contributed by atoms with Gasteiger partial charge in [-0.2, -0.15) is 5.26 Å². The summed E-state index contributed by atoms with van der Waals surface area (Å²) in [4.78, 5) is 0. The standard InChI is InChI=1S/C11H9N/c1-10(6-5-9-12)11-7-3-2-4-8-11/h2-8H,1H2. The number of nitrogens with zero attached hydrogens (tertiary/aromatic N) is 1. The Hall–Kier alpha value is -1.81. The molecule has 1 aromatic carbocycles. The fraction of sp³-hybridized carbons (Fsp3) is 0. The van der Waals surface area contributed by atoms with Gasteiger partial charge in [0.1, 0.15) is 0 Å². The van der Waals surface area contributed by atoms with Crippen molar-refractivity contribution in [2.24, 2.45) is 0 Å². The molecule has 0 aliphatic carbocycles. The summed E-state index contributed by atoms with van der Waals surface area (Å²) >= 11 is 0. The molecular formula is C11H9N. The van der Waals surface area contributed by atoms with Gasteiger partial charge in [0.05, 0.1) is 6.07 Å². The first-order chi connectivity index (χ1) is 5.84. The quantitative estimate of drug-likeness (QED) is 0.476. The lowest BCUT2D eigenvalue weighted by Crippen LogP contribution is -1.75. The molecule has 0 amide bonds. The van der Waals surface area contributed by atoms with Crippen LogP contribution >= 0.6 is 0 Å². The topological polar surface area (TPSA) is 23.8 Å². The van der Waals surface area contributed by atoms with E-state index in [0.29, 0.717) is 0 Å². The molecule has 0 spiro atoms. The van der Waals surface area contributed by atoms with E-state index in [1.165, 1.54) is 6.08 Å². The van der Waals surface area contributed by atoms with E-state index >= 15 is 0 Å². The fourth-order valence-electron chi connectivity index (χ4n) is 0.886. The highest BCUT2D eigenvalue weighted by atomic mass is 14.2. The Balaban J connectivity index is 2.81. The monoisotopic (exact) mass is 155 g/mol. The van der Waals surface area contributed by atoms with Gasteiger partial charge in [-0.25, -0.2) is 0 Å². The second-order valence-corrected chi connectivity index (χ2v) is 2.35. The molecule has 1 nitrogen and oxygen atoms in total. The van der Waals surface area contributed by atoms with Crippen molar-refractivity contribution in [2.75, 3.05) is 0 Å². The van der Waals surface area contributed by atoms with E-state index in [1.54, 1.807) is 6.08 Å². The minimum absolute atomic E-state index is 0.858. The number of allylic oxidation sites excluding steroid dienone is 3. The first-order valence-electron chi connectivity index (χ1n) is 3.65. The maximum absolute atomic E-state index is 8.28. The lowest BCUT2D eigenvalue weighted by atomic mass is 10.1. The minimum atomic E-state index is 0.858. The summed E-state index contributed by atoms with van der Waals surface area (Å²) in [7, 11) is 0. The summed E-state index contributed by atoms with van der Waals surface area (Å²) in [6.07, 6.45) is 3.13. The van der Waals surface area contributed by atoms with Gasteiger partial charge in [0.2, 0.25) is 0 Å². The van der Waals surface area contributed by atoms with Gasteiger partial charge >= 0.3 is 0 Å². The lowest BCUT2D eigenvalue weighted by Gasteiger charge is -1.96. The molecule has 0 aliphatic heterocycles. The van der Waals surface area contributed by atoms with Gasteiger partial charge in [0.25, 0.3) is 0 Å². The Morgan fingerprint density at radius 3 is 2.58 bits per heavy atom. The average Bonchev–Trinajstić information content (AvgIpc) is 2.15. The molecule has 0 aliphatic rings. The normalized spacial score (nSPS) is 9.58. The minimum Gasteiger partial charge on any atom is -0.193 e. The van der Waals surface area contributed by atoms with E-state index in [2.05, 4.69) is 6.58 Å². The van der Waals surface area contributed by atoms with Crippen molar-refractivity contribution in [3.63, 3.8) is 0 Å². The zero-order chi connectivity index (χ0) is 8.81. The smallest absolute Gasteiger partial charge is 0.0912 e. The highest BCUT2D eigenvalue weighted by molar-refractivity contribution is 5.72. The van der Waals surface area contributed by atoms with Gasteiger partial charge in [0, 0.05) is 6.08 Å². The van der Waals surface area contributed by atoms with Crippen molar-refractivity contribution >= 4 is 5.57 Å². The molecule has 12 heavy (non-hydrogen) atoms. The molecule has 0 bridgehead atoms. The van der Waals surface area contributed by atoms with E-state index < -0.39 is 0 Å². The largest absolute Gasteiger partial charge is 0.193 e. The molecule has 0 radical (unpaired) electrons. The van der Waals surface area contributed by atoms with Crippen molar-refractivity contribution < 1.29 is 0 Å². The highest BCUT2D eigenvalue weighted by Gasteiger charge is 1.90. The molecule has 1 heteroatoms. The van der Waals surface area contributed by atoms with Crippen molar-refractivity contribution in [3.8, 4) is 6.07 Å². The van der Waals surface area contributed by atoms with Crippen LogP contribution in [0.5, 0.6) is 0 Å². The van der Waals surface area contributed by atoms with Gasteiger partial charge in [-0.3, -0.25) is 0 Å². The Kier molecular flexibility index (Phi) is 2.87. The molecule has 0 atom stereocenters. The summed E-state index contributed by atoms with van der Waals surface area (Å²) in [6.45, 7) is 3.82. The first kappa shape index (κ1) is 8.29. The zero-order valence-electron chi connectivity index (χ0n) is 6.70. The summed E-state index contributed by atoms with van der Waals surface area (Å²) in [6, 6.07) is 11.7. The molecule has 0 fully saturated rings. The van der Waals surface area contributed by atoms with E-state index in [9.17, 15) is 0 Å². The maximum Gasteiger partial charge on any atom is 0.0912 e. The predicted molar refractivity (Wildman–Crippen MR) is 50.2 cm³/mol. The molecule has 0 aromatic heterocycles. The van der Waals surface area contributed by atoms with E-state index in [1.807, 2.05) is 36.4 Å². The van der Waals surface area contributed by atoms with E-state index in [-0.39, 0.29) is 0 Å². The van der Waals surface area contributed by atoms with Crippen molar-refractivity contribution in [1.82, 2.24) is 0 Å². The first-order valence-corrected chi connectivity index (χ1v) is 3.65. The summed E-state index contributed by atoms with van der Waals surface area (Å²) in [5, 5.41) is 8.28. The van der Waals surface area contributed by atoms with Crippen molar-refractivity contribution in [1.29, 1.82) is 5.26 Å². The summed E-state index contributed by atoms with van der Waals surface area (Å²) in [5.74, 6) is 0. The third kappa shape index (κ3) is 2.10. The Morgan fingerprint density at radius 1 is 1.33 bits per heavy atom. The molecular weight excluding hydrogens is 146 g/mol. The van der Waals surface area contributed by atoms with Crippen molar-refractivity contribution in [3.05, 3.63) is 54.6 Å². The summed E-state index contributed by atoms with van der Waals surface area (Å²) in [5.41, 5.74) is 1.90. The van der Waals surface area contributed by atoms with Crippen LogP contribution in [0.1, 0.15) is 5.56 Å². The Labute approximate surface area is 72.3 Å². The van der Waals surface area contributed by atoms with Crippen LogP contribution in [0.4, 0.5) is 0 Å². The Morgan fingerprint density at radius 2 is 2.00 bits per heavy atom. The van der Waals surface area contributed by atoms with Gasteiger partial charge in [0.15, 0.2) is 0 Å². The molecule has 0 heterocycles.